The number of halogens is 4. The van der Waals surface area contributed by atoms with E-state index in [0.717, 1.165) is 11.3 Å². The molecule has 3 rings (SSSR count). The van der Waals surface area contributed by atoms with E-state index in [9.17, 15) is 17.2 Å². The Morgan fingerprint density at radius 1 is 1.07 bits per heavy atom. The molecule has 0 aliphatic rings. The quantitative estimate of drug-likeness (QED) is 0.535. The van der Waals surface area contributed by atoms with Gasteiger partial charge in [0.1, 0.15) is 15.7 Å². The fourth-order valence-corrected chi connectivity index (χ4v) is 5.81. The third-order valence-electron chi connectivity index (χ3n) is 3.34. The SMILES string of the molecule is O=S(=O)(c1nnc(Cc2cccc(OC(F)F)c2)s1)c1c(Cl)cccc1Cl. The van der Waals surface area contributed by atoms with Crippen LogP contribution in [0.1, 0.15) is 10.6 Å². The molecule has 0 aliphatic carbocycles. The molecule has 0 bridgehead atoms. The summed E-state index contributed by atoms with van der Waals surface area (Å²) in [5.74, 6) is 0.00251. The summed E-state index contributed by atoms with van der Waals surface area (Å²) in [6, 6.07) is 10.4. The first kappa shape index (κ1) is 19.9. The maximum atomic E-state index is 12.8. The zero-order chi connectivity index (χ0) is 19.6. The van der Waals surface area contributed by atoms with Crippen LogP contribution in [0.2, 0.25) is 10.0 Å². The Hall–Kier alpha value is -1.81. The lowest BCUT2D eigenvalue weighted by Crippen LogP contribution is -2.03. The van der Waals surface area contributed by atoms with Crippen molar-refractivity contribution in [2.24, 2.45) is 0 Å². The Morgan fingerprint density at radius 2 is 1.74 bits per heavy atom. The molecule has 0 saturated carbocycles. The molecule has 1 aromatic heterocycles. The van der Waals surface area contributed by atoms with Crippen LogP contribution in [0, 0.1) is 0 Å². The average molecular weight is 451 g/mol. The van der Waals surface area contributed by atoms with E-state index in [2.05, 4.69) is 14.9 Å². The number of alkyl halides is 2. The monoisotopic (exact) mass is 450 g/mol. The van der Waals surface area contributed by atoms with Crippen LogP contribution in [-0.4, -0.2) is 25.2 Å². The van der Waals surface area contributed by atoms with Crippen LogP contribution in [0.3, 0.4) is 0 Å². The first-order valence-electron chi connectivity index (χ1n) is 7.32. The Balaban J connectivity index is 1.87. The lowest BCUT2D eigenvalue weighted by Gasteiger charge is -2.06. The van der Waals surface area contributed by atoms with Crippen molar-refractivity contribution >= 4 is 44.4 Å². The summed E-state index contributed by atoms with van der Waals surface area (Å²) in [4.78, 5) is -0.233. The summed E-state index contributed by atoms with van der Waals surface area (Å²) < 4.78 is 54.2. The summed E-state index contributed by atoms with van der Waals surface area (Å²) in [5, 5.41) is 7.94. The fourth-order valence-electron chi connectivity index (χ4n) is 2.25. The highest BCUT2D eigenvalue weighted by Crippen LogP contribution is 2.34. The molecule has 0 unspecified atom stereocenters. The lowest BCUT2D eigenvalue weighted by atomic mass is 10.1. The molecule has 0 saturated heterocycles. The van der Waals surface area contributed by atoms with Crippen LogP contribution in [0.5, 0.6) is 5.75 Å². The van der Waals surface area contributed by atoms with Gasteiger partial charge in [0.15, 0.2) is 0 Å². The van der Waals surface area contributed by atoms with Crippen molar-refractivity contribution in [2.75, 3.05) is 0 Å². The predicted molar refractivity (Wildman–Crippen MR) is 97.7 cm³/mol. The largest absolute Gasteiger partial charge is 0.435 e. The number of hydrogen-bond donors (Lipinski definition) is 0. The Labute approximate surface area is 167 Å². The van der Waals surface area contributed by atoms with Crippen LogP contribution in [0.4, 0.5) is 8.78 Å². The van der Waals surface area contributed by atoms with Gasteiger partial charge < -0.3 is 4.74 Å². The topological polar surface area (TPSA) is 69.2 Å². The summed E-state index contributed by atoms with van der Waals surface area (Å²) >= 11 is 12.8. The second-order valence-electron chi connectivity index (χ2n) is 5.22. The minimum absolute atomic E-state index is 0.00251. The summed E-state index contributed by atoms with van der Waals surface area (Å²) in [6.45, 7) is -2.93. The van der Waals surface area contributed by atoms with E-state index in [1.165, 1.54) is 30.3 Å². The van der Waals surface area contributed by atoms with Crippen LogP contribution in [0.15, 0.2) is 51.7 Å². The maximum absolute atomic E-state index is 12.8. The number of ether oxygens (including phenoxy) is 1. The van der Waals surface area contributed by atoms with E-state index in [4.69, 9.17) is 23.2 Å². The van der Waals surface area contributed by atoms with E-state index in [1.54, 1.807) is 12.1 Å². The summed E-state index contributed by atoms with van der Waals surface area (Å²) in [7, 11) is -4.04. The van der Waals surface area contributed by atoms with E-state index in [-0.39, 0.29) is 31.5 Å². The van der Waals surface area contributed by atoms with Gasteiger partial charge in [-0.05, 0) is 29.8 Å². The third-order valence-corrected chi connectivity index (χ3v) is 7.34. The second-order valence-corrected chi connectivity index (χ2v) is 9.16. The molecular formula is C16H10Cl2F2N2O3S2. The Morgan fingerprint density at radius 3 is 2.41 bits per heavy atom. The molecule has 3 aromatic rings. The highest BCUT2D eigenvalue weighted by atomic mass is 35.5. The molecule has 142 valence electrons. The molecule has 0 amide bonds. The van der Waals surface area contributed by atoms with Gasteiger partial charge in [0.05, 0.1) is 10.0 Å². The van der Waals surface area contributed by atoms with Crippen molar-refractivity contribution in [3.63, 3.8) is 0 Å². The fraction of sp³-hybridized carbons (Fsp3) is 0.125. The molecule has 0 aliphatic heterocycles. The maximum Gasteiger partial charge on any atom is 0.387 e. The summed E-state index contributed by atoms with van der Waals surface area (Å²) in [6.07, 6.45) is 0.198. The van der Waals surface area contributed by atoms with Crippen molar-refractivity contribution in [3.8, 4) is 5.75 Å². The summed E-state index contributed by atoms with van der Waals surface area (Å²) in [5.41, 5.74) is 0.615. The zero-order valence-electron chi connectivity index (χ0n) is 13.3. The molecule has 0 spiro atoms. The molecule has 0 fully saturated rings. The third kappa shape index (κ3) is 4.55. The number of aromatic nitrogens is 2. The van der Waals surface area contributed by atoms with Gasteiger partial charge in [-0.15, -0.1) is 10.2 Å². The van der Waals surface area contributed by atoms with Gasteiger partial charge >= 0.3 is 6.61 Å². The molecule has 5 nitrogen and oxygen atoms in total. The predicted octanol–water partition coefficient (Wildman–Crippen LogP) is 4.87. The van der Waals surface area contributed by atoms with Crippen LogP contribution in [0.25, 0.3) is 0 Å². The second kappa shape index (κ2) is 8.05. The Kier molecular flexibility index (Phi) is 5.95. The van der Waals surface area contributed by atoms with Crippen molar-refractivity contribution in [1.29, 1.82) is 0 Å². The molecule has 0 radical (unpaired) electrons. The van der Waals surface area contributed by atoms with Gasteiger partial charge in [0.2, 0.25) is 14.2 Å². The van der Waals surface area contributed by atoms with Gasteiger partial charge in [0.25, 0.3) is 0 Å². The van der Waals surface area contributed by atoms with E-state index in [1.807, 2.05) is 0 Å². The minimum atomic E-state index is -4.04. The first-order valence-corrected chi connectivity index (χ1v) is 10.4. The molecule has 1 heterocycles. The highest BCUT2D eigenvalue weighted by Gasteiger charge is 2.28. The highest BCUT2D eigenvalue weighted by molar-refractivity contribution is 7.93. The van der Waals surface area contributed by atoms with Gasteiger partial charge in [-0.2, -0.15) is 8.78 Å². The first-order chi connectivity index (χ1) is 12.8. The average Bonchev–Trinajstić information content (AvgIpc) is 3.03. The number of benzene rings is 2. The van der Waals surface area contributed by atoms with E-state index in [0.29, 0.717) is 10.6 Å². The van der Waals surface area contributed by atoms with Crippen molar-refractivity contribution < 1.29 is 21.9 Å². The van der Waals surface area contributed by atoms with Gasteiger partial charge in [0, 0.05) is 6.42 Å². The zero-order valence-corrected chi connectivity index (χ0v) is 16.4. The van der Waals surface area contributed by atoms with E-state index >= 15 is 0 Å². The molecule has 0 atom stereocenters. The molecule has 11 heteroatoms. The molecule has 0 N–H and O–H groups in total. The Bertz CT molecular complexity index is 1050. The molecule has 2 aromatic carbocycles. The number of hydrogen-bond acceptors (Lipinski definition) is 6. The molecular weight excluding hydrogens is 441 g/mol. The van der Waals surface area contributed by atoms with Gasteiger partial charge in [-0.1, -0.05) is 52.7 Å². The van der Waals surface area contributed by atoms with Gasteiger partial charge in [-0.3, -0.25) is 0 Å². The standard InChI is InChI=1S/C16H10Cl2F2N2O3S2/c17-11-5-2-6-12(18)14(11)27(23,24)16-22-21-13(26-16)8-9-3-1-4-10(7-9)25-15(19)20/h1-7,15H,8H2. The van der Waals surface area contributed by atoms with Crippen LogP contribution >= 0.6 is 34.5 Å². The van der Waals surface area contributed by atoms with Crippen molar-refractivity contribution in [3.05, 3.63) is 63.1 Å². The number of rotatable bonds is 6. The normalized spacial score (nSPS) is 11.7. The molecule has 27 heavy (non-hydrogen) atoms. The lowest BCUT2D eigenvalue weighted by molar-refractivity contribution is -0.0498. The van der Waals surface area contributed by atoms with Crippen molar-refractivity contribution in [1.82, 2.24) is 10.2 Å². The van der Waals surface area contributed by atoms with Crippen LogP contribution in [-0.2, 0) is 16.3 Å². The smallest absolute Gasteiger partial charge is 0.387 e. The minimum Gasteiger partial charge on any atom is -0.435 e. The van der Waals surface area contributed by atoms with E-state index < -0.39 is 16.4 Å². The van der Waals surface area contributed by atoms with Crippen molar-refractivity contribution in [2.45, 2.75) is 22.3 Å². The van der Waals surface area contributed by atoms with Gasteiger partial charge in [-0.25, -0.2) is 8.42 Å². The number of nitrogens with zero attached hydrogens (tertiary/aromatic N) is 2. The number of sulfone groups is 1. The van der Waals surface area contributed by atoms with Crippen LogP contribution < -0.4 is 4.74 Å².